The summed E-state index contributed by atoms with van der Waals surface area (Å²) in [6.07, 6.45) is 0.709. The lowest BCUT2D eigenvalue weighted by Crippen LogP contribution is -2.33. The smallest absolute Gasteiger partial charge is 0.315 e. The molecule has 1 fully saturated rings. The molecule has 114 valence electrons. The molecule has 2 rings (SSSR count). The van der Waals surface area contributed by atoms with Gasteiger partial charge in [0.05, 0.1) is 5.02 Å². The predicted octanol–water partition coefficient (Wildman–Crippen LogP) is 3.19. The van der Waals surface area contributed by atoms with Crippen LogP contribution in [0.2, 0.25) is 5.02 Å². The Hall–Kier alpha value is -1.04. The van der Waals surface area contributed by atoms with Gasteiger partial charge in [-0.05, 0) is 26.0 Å². The predicted molar refractivity (Wildman–Crippen MR) is 80.6 cm³/mol. The average molecular weight is 352 g/mol. The maximum Gasteiger partial charge on any atom is 0.315 e. The van der Waals surface area contributed by atoms with E-state index in [-0.39, 0.29) is 0 Å². The number of hydrogen-bond donors (Lipinski definition) is 1. The van der Waals surface area contributed by atoms with Crippen molar-refractivity contribution >= 4 is 52.5 Å². The van der Waals surface area contributed by atoms with Crippen molar-refractivity contribution in [3.05, 3.63) is 23.4 Å². The molecule has 1 aromatic rings. The number of carbonyl (C=O) groups excluding carboxylic acids is 2. The van der Waals surface area contributed by atoms with Crippen LogP contribution in [0.25, 0.3) is 0 Å². The van der Waals surface area contributed by atoms with Crippen molar-refractivity contribution < 1.29 is 14.3 Å². The quantitative estimate of drug-likeness (QED) is 0.668. The standard InChI is InChI=1S/C13H13Cl3N2O3/c1-7(21-11(20)12(2)6-13(12,15)16)10(19)18-9-4-3-8(14)5-17-9/h3-5,7H,6H2,1-2H3,(H,17,18,19)/t7-,12-/m0/s1. The lowest BCUT2D eigenvalue weighted by Gasteiger charge is -2.17. The molecule has 0 aromatic carbocycles. The molecule has 1 aliphatic carbocycles. The number of rotatable bonds is 4. The van der Waals surface area contributed by atoms with Crippen molar-refractivity contribution in [3.8, 4) is 0 Å². The molecule has 1 heterocycles. The van der Waals surface area contributed by atoms with Crippen molar-refractivity contribution in [3.63, 3.8) is 0 Å². The molecule has 0 spiro atoms. The third kappa shape index (κ3) is 3.42. The Morgan fingerprint density at radius 3 is 2.52 bits per heavy atom. The van der Waals surface area contributed by atoms with Crippen LogP contribution in [0.5, 0.6) is 0 Å². The Morgan fingerprint density at radius 1 is 1.43 bits per heavy atom. The van der Waals surface area contributed by atoms with Crippen molar-refractivity contribution in [2.45, 2.75) is 30.7 Å². The van der Waals surface area contributed by atoms with Gasteiger partial charge < -0.3 is 10.1 Å². The molecule has 1 aromatic heterocycles. The van der Waals surface area contributed by atoms with Gasteiger partial charge in [-0.15, -0.1) is 23.2 Å². The maximum atomic E-state index is 12.0. The second-order valence-electron chi connectivity index (χ2n) is 5.11. The highest BCUT2D eigenvalue weighted by molar-refractivity contribution is 6.53. The van der Waals surface area contributed by atoms with E-state index in [4.69, 9.17) is 39.5 Å². The second kappa shape index (κ2) is 5.63. The van der Waals surface area contributed by atoms with E-state index < -0.39 is 27.7 Å². The van der Waals surface area contributed by atoms with Gasteiger partial charge in [0, 0.05) is 12.6 Å². The van der Waals surface area contributed by atoms with Crippen LogP contribution in [0, 0.1) is 5.41 Å². The van der Waals surface area contributed by atoms with Crippen LogP contribution >= 0.6 is 34.8 Å². The van der Waals surface area contributed by atoms with E-state index in [1.165, 1.54) is 13.1 Å². The van der Waals surface area contributed by atoms with Crippen molar-refractivity contribution in [2.24, 2.45) is 5.41 Å². The van der Waals surface area contributed by atoms with Gasteiger partial charge in [-0.25, -0.2) is 4.98 Å². The third-order valence-electron chi connectivity index (χ3n) is 3.34. The summed E-state index contributed by atoms with van der Waals surface area (Å²) >= 11 is 17.5. The zero-order valence-corrected chi connectivity index (χ0v) is 13.6. The van der Waals surface area contributed by atoms with Crippen LogP contribution in [0.1, 0.15) is 20.3 Å². The molecule has 0 aliphatic heterocycles. The fraction of sp³-hybridized carbons (Fsp3) is 0.462. The molecule has 5 nitrogen and oxygen atoms in total. The van der Waals surface area contributed by atoms with Crippen LogP contribution in [0.4, 0.5) is 5.82 Å². The number of halogens is 3. The lowest BCUT2D eigenvalue weighted by molar-refractivity contribution is -0.158. The number of alkyl halides is 2. The van der Waals surface area contributed by atoms with Gasteiger partial charge in [0.2, 0.25) is 0 Å². The molecule has 21 heavy (non-hydrogen) atoms. The fourth-order valence-corrected chi connectivity index (χ4v) is 2.44. The first-order valence-corrected chi connectivity index (χ1v) is 7.30. The molecule has 0 radical (unpaired) electrons. The van der Waals surface area contributed by atoms with Crippen molar-refractivity contribution in [2.75, 3.05) is 5.32 Å². The third-order valence-corrected chi connectivity index (χ3v) is 4.67. The largest absolute Gasteiger partial charge is 0.452 e. The molecule has 1 N–H and O–H groups in total. The Balaban J connectivity index is 1.91. The summed E-state index contributed by atoms with van der Waals surface area (Å²) in [6.45, 7) is 3.06. The summed E-state index contributed by atoms with van der Waals surface area (Å²) in [7, 11) is 0. The van der Waals surface area contributed by atoms with E-state index in [9.17, 15) is 9.59 Å². The van der Waals surface area contributed by atoms with Gasteiger partial charge >= 0.3 is 5.97 Å². The normalized spacial score (nSPS) is 24.0. The number of nitrogens with one attached hydrogen (secondary N) is 1. The van der Waals surface area contributed by atoms with Crippen LogP contribution in [-0.2, 0) is 14.3 Å². The molecule has 1 aliphatic rings. The van der Waals surface area contributed by atoms with E-state index in [2.05, 4.69) is 10.3 Å². The molecular weight excluding hydrogens is 339 g/mol. The first-order valence-electron chi connectivity index (χ1n) is 6.17. The monoisotopic (exact) mass is 350 g/mol. The van der Waals surface area contributed by atoms with Crippen LogP contribution in [0.3, 0.4) is 0 Å². The second-order valence-corrected chi connectivity index (χ2v) is 7.03. The number of esters is 1. The SMILES string of the molecule is C[C@H](OC(=O)[C@]1(C)CC1(Cl)Cl)C(=O)Nc1ccc(Cl)cn1. The average Bonchev–Trinajstić information content (AvgIpc) is 2.92. The Morgan fingerprint density at radius 2 is 2.05 bits per heavy atom. The van der Waals surface area contributed by atoms with Crippen LogP contribution in [0.15, 0.2) is 18.3 Å². The van der Waals surface area contributed by atoms with E-state index >= 15 is 0 Å². The number of ether oxygens (including phenoxy) is 1. The van der Waals surface area contributed by atoms with Gasteiger partial charge in [-0.3, -0.25) is 9.59 Å². The van der Waals surface area contributed by atoms with Gasteiger partial charge in [0.1, 0.15) is 15.6 Å². The molecule has 1 amide bonds. The number of hydrogen-bond acceptors (Lipinski definition) is 4. The minimum atomic E-state index is -1.13. The summed E-state index contributed by atoms with van der Waals surface area (Å²) in [6, 6.07) is 3.13. The number of nitrogens with zero attached hydrogens (tertiary/aromatic N) is 1. The summed E-state index contributed by atoms with van der Waals surface area (Å²) in [5, 5.41) is 2.97. The van der Waals surface area contributed by atoms with E-state index in [1.54, 1.807) is 19.1 Å². The highest BCUT2D eigenvalue weighted by Gasteiger charge is 2.69. The first-order chi connectivity index (χ1) is 9.65. The number of carbonyl (C=O) groups is 2. The minimum Gasteiger partial charge on any atom is -0.452 e. The summed E-state index contributed by atoms with van der Waals surface area (Å²) in [5.41, 5.74) is -0.969. The number of aromatic nitrogens is 1. The van der Waals surface area contributed by atoms with Crippen LogP contribution < -0.4 is 5.32 Å². The Kier molecular flexibility index (Phi) is 4.38. The summed E-state index contributed by atoms with van der Waals surface area (Å²) < 4.78 is 3.97. The molecule has 8 heteroatoms. The summed E-state index contributed by atoms with van der Waals surface area (Å²) in [5.74, 6) is -0.787. The lowest BCUT2D eigenvalue weighted by atomic mass is 10.1. The van der Waals surface area contributed by atoms with E-state index in [0.29, 0.717) is 17.3 Å². The van der Waals surface area contributed by atoms with E-state index in [0.717, 1.165) is 0 Å². The number of pyridine rings is 1. The minimum absolute atomic E-state index is 0.301. The van der Waals surface area contributed by atoms with Gasteiger partial charge in [0.15, 0.2) is 6.10 Å². The number of anilines is 1. The Bertz CT molecular complexity index is 577. The molecule has 1 saturated carbocycles. The molecule has 2 atom stereocenters. The molecule has 0 saturated heterocycles. The van der Waals surface area contributed by atoms with Crippen molar-refractivity contribution in [1.82, 2.24) is 4.98 Å². The Labute approximate surface area is 136 Å². The maximum absolute atomic E-state index is 12.0. The van der Waals surface area contributed by atoms with Gasteiger partial charge in [-0.2, -0.15) is 0 Å². The van der Waals surface area contributed by atoms with Gasteiger partial charge in [0.25, 0.3) is 5.91 Å². The molecular formula is C13H13Cl3N2O3. The van der Waals surface area contributed by atoms with E-state index in [1.807, 2.05) is 0 Å². The van der Waals surface area contributed by atoms with Crippen molar-refractivity contribution in [1.29, 1.82) is 0 Å². The highest BCUT2D eigenvalue weighted by atomic mass is 35.5. The molecule has 0 unspecified atom stereocenters. The summed E-state index contributed by atoms with van der Waals surface area (Å²) in [4.78, 5) is 27.8. The fourth-order valence-electron chi connectivity index (χ4n) is 1.64. The zero-order chi connectivity index (χ0) is 15.8. The zero-order valence-electron chi connectivity index (χ0n) is 11.3. The topological polar surface area (TPSA) is 68.3 Å². The number of amides is 1. The first kappa shape index (κ1) is 16.3. The van der Waals surface area contributed by atoms with Crippen LogP contribution in [-0.4, -0.2) is 27.3 Å². The molecule has 0 bridgehead atoms. The highest BCUT2D eigenvalue weighted by Crippen LogP contribution is 2.64. The van der Waals surface area contributed by atoms with Gasteiger partial charge in [-0.1, -0.05) is 11.6 Å².